The van der Waals surface area contributed by atoms with E-state index in [1.165, 1.54) is 12.1 Å². The van der Waals surface area contributed by atoms with Crippen LogP contribution < -0.4 is 4.72 Å². The molecule has 0 saturated heterocycles. The maximum absolute atomic E-state index is 12.1. The first-order valence-electron chi connectivity index (χ1n) is 5.91. The average Bonchev–Trinajstić information content (AvgIpc) is 2.37. The molecule has 1 atom stereocenters. The number of halogens is 3. The molecule has 0 saturated carbocycles. The summed E-state index contributed by atoms with van der Waals surface area (Å²) < 4.78 is 27.5. The van der Waals surface area contributed by atoms with E-state index in [-0.39, 0.29) is 4.90 Å². The van der Waals surface area contributed by atoms with Crippen LogP contribution in [-0.2, 0) is 10.0 Å². The zero-order valence-electron chi connectivity index (χ0n) is 10.5. The summed E-state index contributed by atoms with van der Waals surface area (Å²) in [5, 5.41) is 1.37. The third kappa shape index (κ3) is 5.34. The van der Waals surface area contributed by atoms with E-state index in [0.29, 0.717) is 22.0 Å². The van der Waals surface area contributed by atoms with E-state index in [9.17, 15) is 8.42 Å². The number of sulfonamides is 1. The van der Waals surface area contributed by atoms with Crippen molar-refractivity contribution in [2.45, 2.75) is 24.7 Å². The smallest absolute Gasteiger partial charge is 0.211 e. The molecule has 0 fully saturated rings. The molecule has 0 aliphatic carbocycles. The molecule has 0 heterocycles. The van der Waals surface area contributed by atoms with Gasteiger partial charge in [0.05, 0.1) is 9.92 Å². The normalized spacial score (nSPS) is 13.5. The summed E-state index contributed by atoms with van der Waals surface area (Å²) in [6.07, 6.45) is 1.89. The minimum Gasteiger partial charge on any atom is -0.211 e. The zero-order chi connectivity index (χ0) is 14.5. The van der Waals surface area contributed by atoms with Gasteiger partial charge in [0.15, 0.2) is 0 Å². The summed E-state index contributed by atoms with van der Waals surface area (Å²) in [6, 6.07) is 4.58. The quantitative estimate of drug-likeness (QED) is 0.656. The lowest BCUT2D eigenvalue weighted by atomic mass is 10.0. The maximum atomic E-state index is 12.1. The van der Waals surface area contributed by atoms with Gasteiger partial charge in [-0.1, -0.05) is 40.9 Å². The van der Waals surface area contributed by atoms with Gasteiger partial charge >= 0.3 is 0 Å². The number of nitrogens with one attached hydrogen (secondary N) is 1. The van der Waals surface area contributed by atoms with Crippen molar-refractivity contribution in [2.75, 3.05) is 11.9 Å². The summed E-state index contributed by atoms with van der Waals surface area (Å²) >= 11 is 12.5. The predicted octanol–water partition coefficient (Wildman–Crippen LogP) is 4.19. The molecule has 0 amide bonds. The summed E-state index contributed by atoms with van der Waals surface area (Å²) in [7, 11) is -3.48. The van der Waals surface area contributed by atoms with Gasteiger partial charge in [0.25, 0.3) is 0 Å². The second-order valence-corrected chi connectivity index (χ2v) is 8.00. The van der Waals surface area contributed by atoms with E-state index in [0.717, 1.165) is 18.2 Å². The van der Waals surface area contributed by atoms with Gasteiger partial charge in [0.1, 0.15) is 0 Å². The van der Waals surface area contributed by atoms with Crippen molar-refractivity contribution in [3.8, 4) is 0 Å². The van der Waals surface area contributed by atoms with Crippen LogP contribution in [0.15, 0.2) is 27.6 Å². The molecule has 1 rings (SSSR count). The van der Waals surface area contributed by atoms with E-state index in [1.54, 1.807) is 6.07 Å². The third-order valence-corrected chi connectivity index (χ3v) is 5.95. The van der Waals surface area contributed by atoms with E-state index < -0.39 is 10.0 Å². The van der Waals surface area contributed by atoms with Crippen LogP contribution in [0, 0.1) is 5.92 Å². The Hall–Kier alpha value is 0.380. The second kappa shape index (κ2) is 7.98. The van der Waals surface area contributed by atoms with Crippen LogP contribution in [0.4, 0.5) is 0 Å². The standard InChI is InChI=1S/C12H16Br2ClNO2S/c1-2-9(5-6-13)8-16-19(17,18)10-3-4-12(15)11(14)7-10/h3-4,7,9,16H,2,5-6,8H2,1H3. The molecule has 0 radical (unpaired) electrons. The maximum Gasteiger partial charge on any atom is 0.240 e. The Kier molecular flexibility index (Phi) is 7.32. The summed E-state index contributed by atoms with van der Waals surface area (Å²) in [6.45, 7) is 2.51. The molecule has 1 unspecified atom stereocenters. The lowest BCUT2D eigenvalue weighted by Crippen LogP contribution is -2.29. The van der Waals surface area contributed by atoms with E-state index in [1.807, 2.05) is 0 Å². The van der Waals surface area contributed by atoms with E-state index in [2.05, 4.69) is 43.5 Å². The van der Waals surface area contributed by atoms with Crippen LogP contribution in [0.3, 0.4) is 0 Å². The molecule has 0 aromatic heterocycles. The zero-order valence-corrected chi connectivity index (χ0v) is 15.2. The Labute approximate surface area is 136 Å². The topological polar surface area (TPSA) is 46.2 Å². The molecular formula is C12H16Br2ClNO2S. The highest BCUT2D eigenvalue weighted by atomic mass is 79.9. The average molecular weight is 434 g/mol. The molecule has 7 heteroatoms. The largest absolute Gasteiger partial charge is 0.240 e. The van der Waals surface area contributed by atoms with Crippen molar-refractivity contribution in [2.24, 2.45) is 5.92 Å². The molecule has 1 aromatic rings. The fourth-order valence-electron chi connectivity index (χ4n) is 1.56. The molecule has 0 bridgehead atoms. The summed E-state index contributed by atoms with van der Waals surface area (Å²) in [5.41, 5.74) is 0. The van der Waals surface area contributed by atoms with Crippen molar-refractivity contribution in [3.63, 3.8) is 0 Å². The van der Waals surface area contributed by atoms with Gasteiger partial charge in [-0.05, 0) is 46.5 Å². The molecule has 0 aliphatic heterocycles. The van der Waals surface area contributed by atoms with E-state index in [4.69, 9.17) is 11.6 Å². The van der Waals surface area contributed by atoms with Crippen LogP contribution in [-0.4, -0.2) is 20.3 Å². The highest BCUT2D eigenvalue weighted by Gasteiger charge is 2.17. The predicted molar refractivity (Wildman–Crippen MR) is 86.5 cm³/mol. The minimum atomic E-state index is -3.48. The molecule has 19 heavy (non-hydrogen) atoms. The number of benzene rings is 1. The summed E-state index contributed by atoms with van der Waals surface area (Å²) in [5.74, 6) is 0.338. The highest BCUT2D eigenvalue weighted by molar-refractivity contribution is 9.10. The lowest BCUT2D eigenvalue weighted by molar-refractivity contribution is 0.483. The van der Waals surface area contributed by atoms with Crippen LogP contribution in [0.1, 0.15) is 19.8 Å². The van der Waals surface area contributed by atoms with Gasteiger partial charge in [-0.2, -0.15) is 0 Å². The van der Waals surface area contributed by atoms with Crippen molar-refractivity contribution in [1.82, 2.24) is 4.72 Å². The van der Waals surface area contributed by atoms with Gasteiger partial charge in [-0.15, -0.1) is 0 Å². The van der Waals surface area contributed by atoms with Crippen LogP contribution >= 0.6 is 43.5 Å². The van der Waals surface area contributed by atoms with Gasteiger partial charge in [-0.25, -0.2) is 13.1 Å². The molecule has 1 aromatic carbocycles. The Morgan fingerprint density at radius 2 is 2.11 bits per heavy atom. The van der Waals surface area contributed by atoms with E-state index >= 15 is 0 Å². The Balaban J connectivity index is 2.78. The SMILES string of the molecule is CCC(CCBr)CNS(=O)(=O)c1ccc(Cl)c(Br)c1. The van der Waals surface area contributed by atoms with Crippen molar-refractivity contribution in [1.29, 1.82) is 0 Å². The monoisotopic (exact) mass is 431 g/mol. The number of hydrogen-bond donors (Lipinski definition) is 1. The lowest BCUT2D eigenvalue weighted by Gasteiger charge is -2.14. The Morgan fingerprint density at radius 1 is 1.42 bits per heavy atom. The molecule has 1 N–H and O–H groups in total. The molecule has 108 valence electrons. The first-order chi connectivity index (χ1) is 8.90. The van der Waals surface area contributed by atoms with Crippen molar-refractivity contribution < 1.29 is 8.42 Å². The third-order valence-electron chi connectivity index (χ3n) is 2.86. The van der Waals surface area contributed by atoms with Gasteiger partial charge in [-0.3, -0.25) is 0 Å². The molecule has 0 aliphatic rings. The number of rotatable bonds is 7. The highest BCUT2D eigenvalue weighted by Crippen LogP contribution is 2.25. The van der Waals surface area contributed by atoms with Gasteiger partial charge in [0.2, 0.25) is 10.0 Å². The minimum absolute atomic E-state index is 0.220. The van der Waals surface area contributed by atoms with Crippen LogP contribution in [0.25, 0.3) is 0 Å². The first kappa shape index (κ1) is 17.4. The van der Waals surface area contributed by atoms with Crippen LogP contribution in [0.2, 0.25) is 5.02 Å². The van der Waals surface area contributed by atoms with Crippen LogP contribution in [0.5, 0.6) is 0 Å². The second-order valence-electron chi connectivity index (χ2n) is 4.18. The van der Waals surface area contributed by atoms with Gasteiger partial charge < -0.3 is 0 Å². The fourth-order valence-corrected chi connectivity index (χ4v) is 4.00. The first-order valence-corrected chi connectivity index (χ1v) is 9.69. The number of hydrogen-bond acceptors (Lipinski definition) is 2. The van der Waals surface area contributed by atoms with Crippen molar-refractivity contribution >= 4 is 53.5 Å². The Bertz CT molecular complexity index is 522. The van der Waals surface area contributed by atoms with Crippen molar-refractivity contribution in [3.05, 3.63) is 27.7 Å². The Morgan fingerprint density at radius 3 is 2.63 bits per heavy atom. The molecule has 0 spiro atoms. The molecule has 3 nitrogen and oxygen atoms in total. The summed E-state index contributed by atoms with van der Waals surface area (Å²) in [4.78, 5) is 0.220. The number of alkyl halides is 1. The van der Waals surface area contributed by atoms with Gasteiger partial charge in [0, 0.05) is 16.3 Å². The molecular weight excluding hydrogens is 417 g/mol. The fraction of sp³-hybridized carbons (Fsp3) is 0.500.